The van der Waals surface area contributed by atoms with E-state index in [-0.39, 0.29) is 53.0 Å². The first kappa shape index (κ1) is 84.5. The molecule has 4 bridgehead atoms. The van der Waals surface area contributed by atoms with Crippen LogP contribution in [0.5, 0.6) is 0 Å². The van der Waals surface area contributed by atoms with Crippen LogP contribution in [0.4, 0.5) is 27.2 Å². The van der Waals surface area contributed by atoms with Crippen LogP contribution in [0.1, 0.15) is 75.7 Å². The molecule has 6 fully saturated rings. The molecule has 12 unspecified atom stereocenters. The van der Waals surface area contributed by atoms with Gasteiger partial charge in [0.1, 0.15) is 48.8 Å². The van der Waals surface area contributed by atoms with Gasteiger partial charge in [-0.05, 0) is 127 Å². The molecule has 580 valence electrons. The molecular weight excluding hydrogens is 1460 g/mol. The van der Waals surface area contributed by atoms with Gasteiger partial charge in [-0.15, -0.1) is 0 Å². The zero-order valence-corrected chi connectivity index (χ0v) is 62.1. The van der Waals surface area contributed by atoms with Crippen LogP contribution in [-0.4, -0.2) is 151 Å². The van der Waals surface area contributed by atoms with E-state index in [1.807, 2.05) is 0 Å². The second kappa shape index (κ2) is 37.8. The molecule has 2 aromatic heterocycles. The Morgan fingerprint density at radius 3 is 1.12 bits per heavy atom. The van der Waals surface area contributed by atoms with Crippen LogP contribution in [0.3, 0.4) is 0 Å². The summed E-state index contributed by atoms with van der Waals surface area (Å²) >= 11 is 0. The zero-order chi connectivity index (χ0) is 78.1. The van der Waals surface area contributed by atoms with Crippen molar-refractivity contribution in [3.63, 3.8) is 0 Å². The Balaban J connectivity index is 0.000000171. The largest absolute Gasteiger partial charge is 0.508 e. The highest BCUT2D eigenvalue weighted by Gasteiger charge is 2.71. The number of hydrogen-bond donors (Lipinski definition) is 2. The maximum Gasteiger partial charge on any atom is 0.508 e. The molecule has 0 amide bonds. The lowest BCUT2D eigenvalue weighted by atomic mass is 9.78. The van der Waals surface area contributed by atoms with E-state index in [0.717, 1.165) is 0 Å². The summed E-state index contributed by atoms with van der Waals surface area (Å²) < 4.78 is 91.0. The Morgan fingerprint density at radius 2 is 0.807 bits per heavy atom. The number of alkyl halides is 4. The topological polar surface area (TPSA) is 286 Å². The molecule has 14 rings (SSSR count). The Kier molecular flexibility index (Phi) is 29.3. The van der Waals surface area contributed by atoms with E-state index in [9.17, 15) is 61.0 Å². The molecule has 12 atom stereocenters. The van der Waals surface area contributed by atoms with Crippen molar-refractivity contribution in [2.45, 2.75) is 152 Å². The van der Waals surface area contributed by atoms with Gasteiger partial charge in [0.25, 0.3) is 11.8 Å². The molecule has 4 heterocycles. The van der Waals surface area contributed by atoms with Gasteiger partial charge in [-0.1, -0.05) is 117 Å². The first-order valence-corrected chi connectivity index (χ1v) is 37.1. The third-order valence-electron chi connectivity index (χ3n) is 17.4. The van der Waals surface area contributed by atoms with Gasteiger partial charge < -0.3 is 48.1 Å². The van der Waals surface area contributed by atoms with E-state index in [1.54, 1.807) is 66.3 Å². The van der Waals surface area contributed by atoms with Crippen LogP contribution >= 0.6 is 0 Å². The number of carbonyl (C=O) groups excluding carboxylic acids is 8. The number of hydrogen-bond acceptors (Lipinski definition) is 20. The standard InChI is InChI=1S/C19H24F2O9.2C18H15S.C15H20O7.C7H6N4O.C3H6F2O.CH4/c1-18(2,3)30-10(22)6-26-15(23)11-8-5-9-12(11)16(24)28-13(9)14(8)29-17(25)27-7-19(4,20)21;2*1-4-10-16(11-5-1)19(17-12-6-2-7-13-17)18-14-8-3-9-15-18;1-15(2,3)22-8(16)5-20-13(18)9-6-4-7-10(9)14(19)21-12(7)11(6)17;12-7(10-3-1-8-5-10)11-4-2-9-6-11;1-3(4,5)2-6;/h8-9,11-14H,5-7H2,1-4H3;2*1-15H;6-7,9-12,17H,4-5H2,1-3H3;1-6H;6H,2H2,1H3;1H4/q;2*+1;;;;. The summed E-state index contributed by atoms with van der Waals surface area (Å²) in [5.74, 6) is -14.5. The molecule has 0 radical (unpaired) electrons. The van der Waals surface area contributed by atoms with Crippen LogP contribution in [0, 0.1) is 47.3 Å². The summed E-state index contributed by atoms with van der Waals surface area (Å²) in [4.78, 5) is 111. The predicted octanol–water partition coefficient (Wildman–Crippen LogP) is 13.3. The molecule has 6 aliphatic rings. The number of aromatic nitrogens is 4. The number of carbonyl (C=O) groups is 8. The Morgan fingerprint density at radius 1 is 0.486 bits per heavy atom. The van der Waals surface area contributed by atoms with E-state index in [0.29, 0.717) is 26.7 Å². The fourth-order valence-corrected chi connectivity index (χ4v) is 17.6. The minimum absolute atomic E-state index is 0. The van der Waals surface area contributed by atoms with E-state index in [2.05, 4.69) is 197 Å². The minimum Gasteiger partial charge on any atom is -0.459 e. The number of imidazole rings is 2. The molecule has 22 nitrogen and oxygen atoms in total. The fourth-order valence-electron chi connectivity index (χ4n) is 13.4. The summed E-state index contributed by atoms with van der Waals surface area (Å²) in [5, 5.41) is 17.7. The predicted molar refractivity (Wildman–Crippen MR) is 391 cm³/mol. The summed E-state index contributed by atoms with van der Waals surface area (Å²) in [6, 6.07) is 64.1. The number of nitrogens with zero attached hydrogens (tertiary/aromatic N) is 4. The van der Waals surface area contributed by atoms with E-state index in [1.165, 1.54) is 51.2 Å². The van der Waals surface area contributed by atoms with Gasteiger partial charge in [0.15, 0.2) is 49.2 Å². The molecule has 8 aromatic rings. The lowest BCUT2D eigenvalue weighted by Gasteiger charge is -2.29. The van der Waals surface area contributed by atoms with Crippen molar-refractivity contribution in [1.82, 2.24) is 19.1 Å². The summed E-state index contributed by atoms with van der Waals surface area (Å²) in [6.07, 6.45) is 5.66. The second-order valence-corrected chi connectivity index (χ2v) is 32.1. The summed E-state index contributed by atoms with van der Waals surface area (Å²) in [6.45, 7) is 8.01. The van der Waals surface area contributed by atoms with Gasteiger partial charge in [-0.2, -0.15) is 0 Å². The van der Waals surface area contributed by atoms with Gasteiger partial charge in [0.05, 0.1) is 51.6 Å². The van der Waals surface area contributed by atoms with Crippen LogP contribution in [-0.2, 0) is 88.5 Å². The normalized spacial score (nSPS) is 22.1. The molecule has 4 aliphatic carbocycles. The van der Waals surface area contributed by atoms with Crippen molar-refractivity contribution < 1.29 is 104 Å². The number of rotatable bonds is 16. The molecule has 4 saturated carbocycles. The molecular formula is C81H90F4N4O18S2+2. The van der Waals surface area contributed by atoms with Crippen LogP contribution in [0.15, 0.2) is 249 Å². The van der Waals surface area contributed by atoms with Crippen molar-refractivity contribution in [2.75, 3.05) is 26.4 Å². The average molecular weight is 1550 g/mol. The third-order valence-corrected chi connectivity index (χ3v) is 21.9. The molecule has 2 N–H and O–H groups in total. The fraction of sp³-hybridized carbons (Fsp3) is 0.383. The maximum absolute atomic E-state index is 12.9. The van der Waals surface area contributed by atoms with Gasteiger partial charge in [-0.3, -0.25) is 28.3 Å². The van der Waals surface area contributed by atoms with Gasteiger partial charge in [-0.25, -0.2) is 46.7 Å². The summed E-state index contributed by atoms with van der Waals surface area (Å²) in [7, 11) is -0.0293. The van der Waals surface area contributed by atoms with Gasteiger partial charge >= 0.3 is 48.0 Å². The highest BCUT2D eigenvalue weighted by Crippen LogP contribution is 2.60. The molecule has 28 heteroatoms. The third kappa shape index (κ3) is 23.2. The number of esters is 6. The van der Waals surface area contributed by atoms with Gasteiger partial charge in [0, 0.05) is 62.3 Å². The lowest BCUT2D eigenvalue weighted by molar-refractivity contribution is -0.171. The lowest BCUT2D eigenvalue weighted by Crippen LogP contribution is -2.44. The summed E-state index contributed by atoms with van der Waals surface area (Å²) in [5.41, 5.74) is -1.42. The van der Waals surface area contributed by atoms with Crippen LogP contribution in [0.2, 0.25) is 0 Å². The smallest absolute Gasteiger partial charge is 0.459 e. The zero-order valence-electron chi connectivity index (χ0n) is 60.5. The Bertz CT molecular complexity index is 3910. The number of aliphatic hydroxyl groups excluding tert-OH is 2. The first-order valence-electron chi connectivity index (χ1n) is 34.6. The number of halogens is 4. The van der Waals surface area contributed by atoms with Crippen molar-refractivity contribution >= 4 is 69.8 Å². The van der Waals surface area contributed by atoms with Crippen molar-refractivity contribution in [3.8, 4) is 0 Å². The van der Waals surface area contributed by atoms with Crippen molar-refractivity contribution in [2.24, 2.45) is 47.3 Å². The van der Waals surface area contributed by atoms with Gasteiger partial charge in [0.2, 0.25) is 0 Å². The molecule has 2 saturated heterocycles. The molecule has 109 heavy (non-hydrogen) atoms. The van der Waals surface area contributed by atoms with Crippen LogP contribution in [0.25, 0.3) is 0 Å². The first-order chi connectivity index (χ1) is 51.3. The number of fused-ring (bicyclic) bond motifs is 2. The Hall–Kier alpha value is -10.2. The molecule has 6 aromatic carbocycles. The maximum atomic E-state index is 12.9. The van der Waals surface area contributed by atoms with Crippen molar-refractivity contribution in [1.29, 1.82) is 0 Å². The monoisotopic (exact) mass is 1550 g/mol. The second-order valence-electron chi connectivity index (χ2n) is 28.0. The quantitative estimate of drug-likeness (QED) is 0.0393. The minimum atomic E-state index is -3.23. The molecule has 2 aliphatic heterocycles. The van der Waals surface area contributed by atoms with E-state index in [4.69, 9.17) is 38.3 Å². The number of ether oxygens (including phenoxy) is 8. The molecule has 0 spiro atoms. The number of benzene rings is 6. The van der Waals surface area contributed by atoms with Crippen LogP contribution < -0.4 is 0 Å². The highest BCUT2D eigenvalue weighted by molar-refractivity contribution is 7.97. The average Bonchev–Trinajstić information content (AvgIpc) is 1.56. The SMILES string of the molecule is C.CC(C)(C)OC(=O)COC(=O)C1C2CC3C(OC(=O)C31)C2O.CC(F)(F)CO.CC(F)(F)COC(=O)OC1C2CC3C1OC(=O)C3C2C(=O)OCC(=O)OC(C)(C)C.O=C(n1ccnc1)n1ccnc1.c1ccc([S+](c2ccccc2)c2ccccc2)cc1.c1ccc([S+](c2ccccc2)c2ccccc2)cc1. The Labute approximate surface area is 635 Å². The number of aliphatic hydroxyl groups is 2. The van der Waals surface area contributed by atoms with E-state index >= 15 is 0 Å². The highest BCUT2D eigenvalue weighted by atomic mass is 32.2. The van der Waals surface area contributed by atoms with E-state index < -0.39 is 145 Å². The van der Waals surface area contributed by atoms with Crippen molar-refractivity contribution in [3.05, 3.63) is 219 Å².